The Bertz CT molecular complexity index is 717. The van der Waals surface area contributed by atoms with E-state index in [9.17, 15) is 9.59 Å². The first-order valence-corrected chi connectivity index (χ1v) is 7.89. The number of amides is 2. The summed E-state index contributed by atoms with van der Waals surface area (Å²) in [6, 6.07) is 6.29. The van der Waals surface area contributed by atoms with Crippen LogP contribution in [0.5, 0.6) is 5.75 Å². The van der Waals surface area contributed by atoms with Crippen LogP contribution in [0.25, 0.3) is 0 Å². The molecule has 0 aliphatic carbocycles. The van der Waals surface area contributed by atoms with Crippen molar-refractivity contribution in [1.82, 2.24) is 20.3 Å². The molecule has 0 bridgehead atoms. The van der Waals surface area contributed by atoms with Crippen molar-refractivity contribution >= 4 is 11.8 Å². The Morgan fingerprint density at radius 2 is 2.00 bits per heavy atom. The first kappa shape index (κ1) is 16.9. The third-order valence-electron chi connectivity index (χ3n) is 3.82. The van der Waals surface area contributed by atoms with E-state index in [2.05, 4.69) is 15.5 Å². The summed E-state index contributed by atoms with van der Waals surface area (Å²) in [5, 5.41) is 10.7. The second-order valence-corrected chi connectivity index (χ2v) is 5.64. The Hall–Kier alpha value is -2.94. The van der Waals surface area contributed by atoms with Gasteiger partial charge in [-0.25, -0.2) is 0 Å². The SMILES string of the molecule is NC(=O)c1ccc(O[C@@H]2CCOC[C@H]2NC(=O)Cn2nccn2)cc1. The molecule has 1 aromatic heterocycles. The largest absolute Gasteiger partial charge is 0.488 e. The van der Waals surface area contributed by atoms with Crippen molar-refractivity contribution in [3.63, 3.8) is 0 Å². The van der Waals surface area contributed by atoms with Crippen LogP contribution in [0.1, 0.15) is 16.8 Å². The number of benzene rings is 1. The molecule has 1 aromatic carbocycles. The van der Waals surface area contributed by atoms with Crippen molar-refractivity contribution in [2.75, 3.05) is 13.2 Å². The molecule has 0 spiro atoms. The predicted octanol–water partition coefficient (Wildman–Crippen LogP) is -0.270. The molecular weight excluding hydrogens is 326 g/mol. The summed E-state index contributed by atoms with van der Waals surface area (Å²) in [6.07, 6.45) is 3.43. The van der Waals surface area contributed by atoms with Gasteiger partial charge in [0, 0.05) is 12.0 Å². The van der Waals surface area contributed by atoms with Gasteiger partial charge >= 0.3 is 0 Å². The molecule has 0 unspecified atom stereocenters. The van der Waals surface area contributed by atoms with Crippen LogP contribution >= 0.6 is 0 Å². The smallest absolute Gasteiger partial charge is 0.248 e. The molecule has 25 heavy (non-hydrogen) atoms. The lowest BCUT2D eigenvalue weighted by atomic mass is 10.1. The molecule has 1 saturated heterocycles. The lowest BCUT2D eigenvalue weighted by Gasteiger charge is -2.32. The molecule has 3 rings (SSSR count). The second-order valence-electron chi connectivity index (χ2n) is 5.64. The Balaban J connectivity index is 1.60. The molecule has 1 fully saturated rings. The predicted molar refractivity (Wildman–Crippen MR) is 86.8 cm³/mol. The summed E-state index contributed by atoms with van der Waals surface area (Å²) in [4.78, 5) is 24.5. The van der Waals surface area contributed by atoms with Crippen molar-refractivity contribution in [3.8, 4) is 5.75 Å². The number of nitrogens with zero attached hydrogens (tertiary/aromatic N) is 3. The fourth-order valence-electron chi connectivity index (χ4n) is 2.57. The van der Waals surface area contributed by atoms with E-state index in [0.29, 0.717) is 30.9 Å². The lowest BCUT2D eigenvalue weighted by molar-refractivity contribution is -0.125. The molecular formula is C16H19N5O4. The third-order valence-corrected chi connectivity index (χ3v) is 3.82. The van der Waals surface area contributed by atoms with Crippen LogP contribution in [-0.2, 0) is 16.1 Å². The first-order valence-electron chi connectivity index (χ1n) is 7.89. The zero-order valence-corrected chi connectivity index (χ0v) is 13.5. The summed E-state index contributed by atoms with van der Waals surface area (Å²) < 4.78 is 11.4. The van der Waals surface area contributed by atoms with Gasteiger partial charge in [0.25, 0.3) is 0 Å². The Labute approximate surface area is 144 Å². The first-order chi connectivity index (χ1) is 12.1. The number of nitrogens with two attached hydrogens (primary N) is 1. The highest BCUT2D eigenvalue weighted by Crippen LogP contribution is 2.19. The fourth-order valence-corrected chi connectivity index (χ4v) is 2.57. The Morgan fingerprint density at radius 1 is 1.28 bits per heavy atom. The zero-order valence-electron chi connectivity index (χ0n) is 13.5. The molecule has 9 heteroatoms. The number of primary amides is 1. The number of aromatic nitrogens is 3. The Kier molecular flexibility index (Phi) is 5.24. The maximum Gasteiger partial charge on any atom is 0.248 e. The summed E-state index contributed by atoms with van der Waals surface area (Å²) in [5.74, 6) is -0.107. The van der Waals surface area contributed by atoms with Gasteiger partial charge in [-0.1, -0.05) is 0 Å². The van der Waals surface area contributed by atoms with Crippen molar-refractivity contribution in [1.29, 1.82) is 0 Å². The van der Waals surface area contributed by atoms with Crippen LogP contribution in [0, 0.1) is 0 Å². The van der Waals surface area contributed by atoms with Gasteiger partial charge in [-0.3, -0.25) is 9.59 Å². The number of ether oxygens (including phenoxy) is 2. The minimum atomic E-state index is -0.491. The standard InChI is InChI=1S/C16H19N5O4/c17-16(23)11-1-3-12(4-2-11)25-14-5-8-24-10-13(14)20-15(22)9-21-18-6-7-19-21/h1-4,6-7,13-14H,5,8-10H2,(H2,17,23)(H,20,22)/t13-,14-/m1/s1. The number of hydrogen-bond acceptors (Lipinski definition) is 6. The molecule has 2 heterocycles. The fraction of sp³-hybridized carbons (Fsp3) is 0.375. The third kappa shape index (κ3) is 4.54. The van der Waals surface area contributed by atoms with E-state index in [4.69, 9.17) is 15.2 Å². The van der Waals surface area contributed by atoms with Crippen LogP contribution in [-0.4, -0.2) is 52.2 Å². The normalized spacial score (nSPS) is 20.0. The molecule has 2 aromatic rings. The maximum atomic E-state index is 12.1. The van der Waals surface area contributed by atoms with E-state index in [1.807, 2.05) is 0 Å². The highest BCUT2D eigenvalue weighted by atomic mass is 16.5. The quantitative estimate of drug-likeness (QED) is 0.743. The summed E-state index contributed by atoms with van der Waals surface area (Å²) in [6.45, 7) is 0.947. The summed E-state index contributed by atoms with van der Waals surface area (Å²) in [5.41, 5.74) is 5.64. The van der Waals surface area contributed by atoms with Gasteiger partial charge in [0.15, 0.2) is 0 Å². The molecule has 0 radical (unpaired) electrons. The molecule has 1 aliphatic rings. The Morgan fingerprint density at radius 3 is 2.68 bits per heavy atom. The number of rotatable bonds is 6. The summed E-state index contributed by atoms with van der Waals surface area (Å²) >= 11 is 0. The lowest BCUT2D eigenvalue weighted by Crippen LogP contribution is -2.52. The van der Waals surface area contributed by atoms with Crippen LogP contribution in [0.4, 0.5) is 0 Å². The van der Waals surface area contributed by atoms with Gasteiger partial charge < -0.3 is 20.5 Å². The molecule has 9 nitrogen and oxygen atoms in total. The van der Waals surface area contributed by atoms with Crippen molar-refractivity contribution < 1.29 is 19.1 Å². The number of hydrogen-bond donors (Lipinski definition) is 2. The monoisotopic (exact) mass is 345 g/mol. The van der Waals surface area contributed by atoms with E-state index < -0.39 is 5.91 Å². The van der Waals surface area contributed by atoms with Crippen molar-refractivity contribution in [2.45, 2.75) is 25.1 Å². The van der Waals surface area contributed by atoms with E-state index in [1.165, 1.54) is 17.2 Å². The van der Waals surface area contributed by atoms with Gasteiger partial charge in [0.05, 0.1) is 31.6 Å². The zero-order chi connectivity index (χ0) is 17.6. The van der Waals surface area contributed by atoms with Crippen LogP contribution in [0.2, 0.25) is 0 Å². The van der Waals surface area contributed by atoms with Crippen LogP contribution in [0.3, 0.4) is 0 Å². The van der Waals surface area contributed by atoms with Gasteiger partial charge in [-0.05, 0) is 24.3 Å². The topological polar surface area (TPSA) is 121 Å². The van der Waals surface area contributed by atoms with Gasteiger partial charge in [-0.15, -0.1) is 0 Å². The molecule has 132 valence electrons. The van der Waals surface area contributed by atoms with E-state index in [-0.39, 0.29) is 24.6 Å². The van der Waals surface area contributed by atoms with Crippen LogP contribution in [0.15, 0.2) is 36.7 Å². The average Bonchev–Trinajstić information content (AvgIpc) is 3.10. The van der Waals surface area contributed by atoms with E-state index in [1.54, 1.807) is 24.3 Å². The molecule has 1 aliphatic heterocycles. The molecule has 2 amide bonds. The van der Waals surface area contributed by atoms with E-state index >= 15 is 0 Å². The van der Waals surface area contributed by atoms with Crippen molar-refractivity contribution in [2.24, 2.45) is 5.73 Å². The minimum absolute atomic E-state index is 0.0313. The highest BCUT2D eigenvalue weighted by molar-refractivity contribution is 5.92. The molecule has 0 saturated carbocycles. The maximum absolute atomic E-state index is 12.1. The molecule has 3 N–H and O–H groups in total. The van der Waals surface area contributed by atoms with E-state index in [0.717, 1.165) is 0 Å². The van der Waals surface area contributed by atoms with Gasteiger partial charge in [0.1, 0.15) is 18.4 Å². The number of carbonyl (C=O) groups is 2. The number of nitrogens with one attached hydrogen (secondary N) is 1. The average molecular weight is 345 g/mol. The second kappa shape index (κ2) is 7.75. The highest BCUT2D eigenvalue weighted by Gasteiger charge is 2.29. The summed E-state index contributed by atoms with van der Waals surface area (Å²) in [7, 11) is 0. The van der Waals surface area contributed by atoms with Gasteiger partial charge in [0.2, 0.25) is 11.8 Å². The molecule has 2 atom stereocenters. The van der Waals surface area contributed by atoms with Gasteiger partial charge in [-0.2, -0.15) is 15.0 Å². The number of carbonyl (C=O) groups excluding carboxylic acids is 2. The minimum Gasteiger partial charge on any atom is -0.488 e. The van der Waals surface area contributed by atoms with Crippen LogP contribution < -0.4 is 15.8 Å². The van der Waals surface area contributed by atoms with Crippen molar-refractivity contribution in [3.05, 3.63) is 42.2 Å².